The van der Waals surface area contributed by atoms with Crippen LogP contribution in [0.15, 0.2) is 309 Å². The number of aryl methyl sites for hydroxylation is 1. The van der Waals surface area contributed by atoms with E-state index in [2.05, 4.69) is 540 Å². The van der Waals surface area contributed by atoms with E-state index in [1.165, 1.54) is 241 Å². The molecule has 1 atom stereocenters. The summed E-state index contributed by atoms with van der Waals surface area (Å²) in [6, 6.07) is 125. The minimum atomic E-state index is -3.12. The molecular weight excluding hydrogens is 1860 g/mol. The number of fused-ring (bicyclic) bond motifs is 14. The van der Waals surface area contributed by atoms with E-state index in [1.807, 2.05) is 11.3 Å². The molecule has 2 aromatic heterocycles. The second kappa shape index (κ2) is 34.5. The molecule has 1 unspecified atom stereocenters. The third-order valence-electron chi connectivity index (χ3n) is 35.2. The van der Waals surface area contributed by atoms with Gasteiger partial charge in [0.15, 0.2) is 8.07 Å². The Balaban J connectivity index is 0.651. The van der Waals surface area contributed by atoms with E-state index in [4.69, 9.17) is 0 Å². The normalized spacial score (nSPS) is 16.7. The number of anilines is 12. The summed E-state index contributed by atoms with van der Waals surface area (Å²) >= 11 is 4.11. The highest BCUT2D eigenvalue weighted by molar-refractivity contribution is 7.34. The minimum Gasteiger partial charge on any atom is -0.311 e. The van der Waals surface area contributed by atoms with Crippen LogP contribution in [0.4, 0.5) is 68.2 Å². The molecule has 0 saturated carbocycles. The van der Waals surface area contributed by atoms with E-state index in [9.17, 15) is 0 Å². The molecule has 0 saturated heterocycles. The van der Waals surface area contributed by atoms with Gasteiger partial charge in [0, 0.05) is 86.5 Å². The van der Waals surface area contributed by atoms with Crippen molar-refractivity contribution >= 4 is 198 Å². The fourth-order valence-electron chi connectivity index (χ4n) is 26.0. The lowest BCUT2D eigenvalue weighted by molar-refractivity contribution is 0.311. The fraction of sp³-hybridized carbons (Fsp3) is 0.319. The highest BCUT2D eigenvalue weighted by Crippen LogP contribution is 2.59. The van der Waals surface area contributed by atoms with E-state index >= 15 is 0 Å². The van der Waals surface area contributed by atoms with Crippen molar-refractivity contribution in [2.75, 3.05) is 19.6 Å². The first-order valence-electron chi connectivity index (χ1n) is 54.7. The second-order valence-electron chi connectivity index (χ2n) is 54.2. The summed E-state index contributed by atoms with van der Waals surface area (Å²) in [6.07, 6.45) is 5.34. The fourth-order valence-corrected chi connectivity index (χ4v) is 34.7. The van der Waals surface area contributed by atoms with Crippen LogP contribution >= 0.6 is 22.7 Å². The van der Waals surface area contributed by atoms with Crippen LogP contribution in [0.3, 0.4) is 0 Å². The SMILES string of the molecule is Cc1cc2c3c(c1)N(c1ccc(-c4ccc([Si](c5ccccc5)(c5ccccc5)c5cccc(CC6(C)CCC(C)(C)c7cc8c9c(sc8cc76)B6c7cc(C(C)(C)C)ccc7N(c7ccc(C(C)(C)C)cc7-c7ccc([Si](C)(C)C)cc7)c7cc(C(C)(C)C)cc(c76)N9c6ccc(C(C)(C)C)cc6)c5)cc4)cc1)c1c(sc4cc5c(cc14)C(C)(C)CCC5(C)C)B3c1cc(C(C)(C)C)ccc1N2c1ccc(C(C)(C)C)cc1. The van der Waals surface area contributed by atoms with Crippen LogP contribution in [0.25, 0.3) is 42.4 Å². The van der Waals surface area contributed by atoms with Gasteiger partial charge in [-0.1, -0.05) is 398 Å². The van der Waals surface area contributed by atoms with Gasteiger partial charge in [-0.2, -0.15) is 0 Å². The molecular formula is C138H148B2N4S2Si2. The molecule has 4 nitrogen and oxygen atoms in total. The quantitative estimate of drug-likeness (QED) is 0.0842. The summed E-state index contributed by atoms with van der Waals surface area (Å²) in [7, 11) is -4.74. The van der Waals surface area contributed by atoms with Crippen molar-refractivity contribution in [1.82, 2.24) is 0 Å². The van der Waals surface area contributed by atoms with Gasteiger partial charge in [0.1, 0.15) is 0 Å². The van der Waals surface area contributed by atoms with Crippen LogP contribution < -0.4 is 76.9 Å². The first-order chi connectivity index (χ1) is 69.7. The van der Waals surface area contributed by atoms with E-state index in [0.29, 0.717) is 0 Å². The highest BCUT2D eigenvalue weighted by Gasteiger charge is 2.53. The molecule has 0 amide bonds. The summed E-state index contributed by atoms with van der Waals surface area (Å²) in [6.45, 7) is 70.1. The molecule has 0 bridgehead atoms. The van der Waals surface area contributed by atoms with Crippen LogP contribution in [-0.2, 0) is 60.6 Å². The molecule has 4 aliphatic heterocycles. The van der Waals surface area contributed by atoms with Gasteiger partial charge in [-0.15, -0.1) is 22.7 Å². The zero-order valence-corrected chi connectivity index (χ0v) is 96.9. The Hall–Kier alpha value is -12.0. The molecule has 0 fully saturated rings. The number of hydrogen-bond acceptors (Lipinski definition) is 6. The van der Waals surface area contributed by atoms with E-state index < -0.39 is 16.1 Å². The third kappa shape index (κ3) is 16.4. The lowest BCUT2D eigenvalue weighted by Crippen LogP contribution is -2.74. The first kappa shape index (κ1) is 99.3. The maximum absolute atomic E-state index is 3.12. The Kier molecular flexibility index (Phi) is 23.1. The lowest BCUT2D eigenvalue weighted by Gasteiger charge is -2.45. The molecule has 0 radical (unpaired) electrons. The zero-order valence-electron chi connectivity index (χ0n) is 93.2. The standard InChI is InChI=1S/C138H148B2N4S2Si2/c1-86-73-117-123-118(74-86)142(125-106-81-108-110(136(22,23)70-69-135(108,20)21)83-121(106)145-127(125)139(123)112-77-94(132(11,12)13)54-67-115(112)141(117)97-58-49-91(50-59-97)129(2,3)4)98-56-43-88(44-57-98)89-45-64-103(65-46-89)148(101-38-32-30-33-39-101,102-40-34-31-35-41-102)104-42-36-37-87(75-104)85-138(26)72-71-137(24,25)109-82-107-122(84-111(109)138)146-128-126(107)143(99-60-51-92(52-61-99)130(5,6)7)119-79-96(134(17,18)19)80-120-124(119)140(128)113-78-95(133(14,15)16)55-68-116(113)144(120)114-66-53-93(131(8,9)10)76-105(114)90-47-62-100(63-48-90)147(27,28)29/h30-68,73-84H,69-72,85H2,1-29H3. The number of nitrogens with zero attached hydrogens (tertiary/aromatic N) is 4. The Bertz CT molecular complexity index is 8150. The van der Waals surface area contributed by atoms with Crippen molar-refractivity contribution < 1.29 is 0 Å². The Morgan fingerprint density at radius 3 is 1.11 bits per heavy atom. The molecule has 746 valence electrons. The summed E-state index contributed by atoms with van der Waals surface area (Å²) in [5.74, 6) is 0. The van der Waals surface area contributed by atoms with E-state index in [1.54, 1.807) is 0 Å². The Morgan fingerprint density at radius 2 is 0.649 bits per heavy atom. The summed E-state index contributed by atoms with van der Waals surface area (Å²) in [5.41, 5.74) is 41.2. The van der Waals surface area contributed by atoms with Crippen molar-refractivity contribution in [3.8, 4) is 22.3 Å². The number of benzene rings is 15. The smallest absolute Gasteiger partial charge is 0.264 e. The maximum Gasteiger partial charge on any atom is 0.264 e. The van der Waals surface area contributed by atoms with Gasteiger partial charge in [0.05, 0.1) is 25.1 Å². The van der Waals surface area contributed by atoms with Crippen molar-refractivity contribution in [2.24, 2.45) is 0 Å². The lowest BCUT2D eigenvalue weighted by atomic mass is 9.36. The van der Waals surface area contributed by atoms with Crippen LogP contribution in [-0.4, -0.2) is 29.6 Å². The van der Waals surface area contributed by atoms with Crippen molar-refractivity contribution in [3.05, 3.63) is 376 Å². The number of thiophene rings is 2. The maximum atomic E-state index is 2.75. The van der Waals surface area contributed by atoms with Gasteiger partial charge < -0.3 is 19.6 Å². The van der Waals surface area contributed by atoms with Crippen LogP contribution in [0.1, 0.15) is 266 Å². The van der Waals surface area contributed by atoms with Crippen molar-refractivity contribution in [2.45, 2.75) is 286 Å². The largest absolute Gasteiger partial charge is 0.311 e. The predicted octanol–water partition coefficient (Wildman–Crippen LogP) is 31.6. The molecule has 10 heteroatoms. The molecule has 23 rings (SSSR count). The minimum absolute atomic E-state index is 0.00740. The van der Waals surface area contributed by atoms with Crippen LogP contribution in [0.5, 0.6) is 0 Å². The first-order valence-corrected chi connectivity index (χ1v) is 61.8. The molecule has 148 heavy (non-hydrogen) atoms. The second-order valence-corrected chi connectivity index (χ2v) is 65.2. The molecule has 6 heterocycles. The van der Waals surface area contributed by atoms with Crippen LogP contribution in [0.2, 0.25) is 19.6 Å². The van der Waals surface area contributed by atoms with Gasteiger partial charge in [-0.25, -0.2) is 0 Å². The van der Waals surface area contributed by atoms with Crippen LogP contribution in [0, 0.1) is 6.92 Å². The third-order valence-corrected chi connectivity index (χ3v) is 44.4. The Morgan fingerprint density at radius 1 is 0.291 bits per heavy atom. The molecule has 6 aliphatic rings. The monoisotopic (exact) mass is 2000 g/mol. The van der Waals surface area contributed by atoms with E-state index in [-0.39, 0.29) is 67.6 Å². The highest BCUT2D eigenvalue weighted by atomic mass is 32.1. The predicted molar refractivity (Wildman–Crippen MR) is 655 cm³/mol. The van der Waals surface area contributed by atoms with E-state index in [0.717, 1.165) is 25.7 Å². The van der Waals surface area contributed by atoms with Gasteiger partial charge in [0.25, 0.3) is 13.4 Å². The molecule has 2 aliphatic carbocycles. The number of hydrogen-bond donors (Lipinski definition) is 0. The van der Waals surface area contributed by atoms with Gasteiger partial charge in [0.2, 0.25) is 0 Å². The summed E-state index contributed by atoms with van der Waals surface area (Å²) in [5, 5.41) is 9.69. The van der Waals surface area contributed by atoms with Gasteiger partial charge >= 0.3 is 0 Å². The summed E-state index contributed by atoms with van der Waals surface area (Å²) in [4.78, 5) is 10.8. The molecule has 17 aromatic rings. The molecule has 15 aromatic carbocycles. The average Bonchev–Trinajstić information content (AvgIpc) is 1.54. The van der Waals surface area contributed by atoms with Crippen molar-refractivity contribution in [3.63, 3.8) is 0 Å². The Labute approximate surface area is 894 Å². The molecule has 0 spiro atoms. The molecule has 0 N–H and O–H groups in total. The van der Waals surface area contributed by atoms with Gasteiger partial charge in [-0.05, 0) is 328 Å². The zero-order chi connectivity index (χ0) is 104. The topological polar surface area (TPSA) is 13.0 Å². The summed E-state index contributed by atoms with van der Waals surface area (Å²) < 4.78 is 5.56. The van der Waals surface area contributed by atoms with Gasteiger partial charge in [-0.3, -0.25) is 0 Å². The van der Waals surface area contributed by atoms with Crippen molar-refractivity contribution in [1.29, 1.82) is 0 Å². The average molecular weight is 2000 g/mol. The number of rotatable bonds is 13.